The lowest BCUT2D eigenvalue weighted by Gasteiger charge is -2.14. The van der Waals surface area contributed by atoms with Crippen molar-refractivity contribution in [1.82, 2.24) is 15.3 Å². The van der Waals surface area contributed by atoms with Gasteiger partial charge in [0.1, 0.15) is 11.5 Å². The molecule has 1 heterocycles. The molecule has 0 saturated carbocycles. The number of benzene rings is 2. The van der Waals surface area contributed by atoms with Gasteiger partial charge in [-0.25, -0.2) is 14.4 Å². The normalized spacial score (nSPS) is 10.6. The third kappa shape index (κ3) is 4.52. The van der Waals surface area contributed by atoms with Gasteiger partial charge in [0.25, 0.3) is 5.91 Å². The zero-order chi connectivity index (χ0) is 20.3. The molecule has 0 aliphatic rings. The lowest BCUT2D eigenvalue weighted by Crippen LogP contribution is -2.25. The van der Waals surface area contributed by atoms with Crippen molar-refractivity contribution in [1.29, 1.82) is 0 Å². The molecule has 3 aromatic rings. The molecule has 0 fully saturated rings. The summed E-state index contributed by atoms with van der Waals surface area (Å²) in [6.45, 7) is 7.97. The number of anilines is 2. The van der Waals surface area contributed by atoms with Crippen molar-refractivity contribution in [2.75, 3.05) is 5.32 Å². The monoisotopic (exact) mass is 378 g/mol. The Hall–Kier alpha value is -3.28. The van der Waals surface area contributed by atoms with Gasteiger partial charge in [0, 0.05) is 23.5 Å². The number of rotatable bonds is 5. The Morgan fingerprint density at radius 2 is 1.68 bits per heavy atom. The molecule has 2 aromatic carbocycles. The van der Waals surface area contributed by atoms with Crippen LogP contribution in [0.1, 0.15) is 38.4 Å². The van der Waals surface area contributed by atoms with Crippen molar-refractivity contribution in [2.45, 2.75) is 34.2 Å². The summed E-state index contributed by atoms with van der Waals surface area (Å²) in [5, 5.41) is 5.93. The Kier molecular flexibility index (Phi) is 5.68. The molecule has 0 unspecified atom stereocenters. The Labute approximate surface area is 164 Å². The summed E-state index contributed by atoms with van der Waals surface area (Å²) in [5.74, 6) is -0.380. The van der Waals surface area contributed by atoms with Crippen molar-refractivity contribution in [2.24, 2.45) is 0 Å². The van der Waals surface area contributed by atoms with Gasteiger partial charge in [-0.05, 0) is 51.0 Å². The third-order valence-corrected chi connectivity index (χ3v) is 4.40. The van der Waals surface area contributed by atoms with Crippen LogP contribution in [0, 0.1) is 33.5 Å². The lowest BCUT2D eigenvalue weighted by atomic mass is 10.1. The second-order valence-electron chi connectivity index (χ2n) is 6.89. The summed E-state index contributed by atoms with van der Waals surface area (Å²) in [6.07, 6.45) is 0. The van der Waals surface area contributed by atoms with Crippen LogP contribution < -0.4 is 10.6 Å². The van der Waals surface area contributed by atoms with Gasteiger partial charge in [-0.1, -0.05) is 35.9 Å². The first-order valence-corrected chi connectivity index (χ1v) is 9.05. The van der Waals surface area contributed by atoms with Crippen LogP contribution in [0.4, 0.5) is 16.0 Å². The molecule has 0 aliphatic carbocycles. The minimum absolute atomic E-state index is 0.0908. The van der Waals surface area contributed by atoms with Crippen LogP contribution in [0.3, 0.4) is 0 Å². The first-order valence-electron chi connectivity index (χ1n) is 9.05. The number of carbonyl (C=O) groups excluding carboxylic acids is 1. The molecule has 6 heteroatoms. The van der Waals surface area contributed by atoms with Gasteiger partial charge in [-0.15, -0.1) is 0 Å². The van der Waals surface area contributed by atoms with Gasteiger partial charge in [-0.3, -0.25) is 4.79 Å². The molecule has 0 aliphatic heterocycles. The molecule has 0 bridgehead atoms. The van der Waals surface area contributed by atoms with E-state index in [4.69, 9.17) is 0 Å². The minimum Gasteiger partial charge on any atom is -0.347 e. The molecule has 144 valence electrons. The number of nitrogens with zero attached hydrogens (tertiary/aromatic N) is 2. The zero-order valence-electron chi connectivity index (χ0n) is 16.4. The highest BCUT2D eigenvalue weighted by atomic mass is 19.1. The Balaban J connectivity index is 1.80. The molecule has 0 spiro atoms. The quantitative estimate of drug-likeness (QED) is 0.685. The van der Waals surface area contributed by atoms with Crippen LogP contribution in [-0.2, 0) is 6.54 Å². The van der Waals surface area contributed by atoms with Gasteiger partial charge in [0.05, 0.1) is 0 Å². The van der Waals surface area contributed by atoms with Crippen molar-refractivity contribution in [3.05, 3.63) is 81.9 Å². The van der Waals surface area contributed by atoms with Crippen LogP contribution in [0.25, 0.3) is 0 Å². The molecule has 2 N–H and O–H groups in total. The first kappa shape index (κ1) is 19.5. The van der Waals surface area contributed by atoms with E-state index in [1.165, 1.54) is 11.6 Å². The number of amides is 1. The van der Waals surface area contributed by atoms with Gasteiger partial charge < -0.3 is 10.6 Å². The maximum Gasteiger partial charge on any atom is 0.270 e. The highest BCUT2D eigenvalue weighted by Gasteiger charge is 2.13. The van der Waals surface area contributed by atoms with Crippen LogP contribution in [0.15, 0.2) is 42.5 Å². The fourth-order valence-corrected chi connectivity index (χ4v) is 3.14. The van der Waals surface area contributed by atoms with Crippen molar-refractivity contribution in [3.8, 4) is 0 Å². The number of nitrogens with one attached hydrogen (secondary N) is 2. The summed E-state index contributed by atoms with van der Waals surface area (Å²) in [7, 11) is 0. The third-order valence-electron chi connectivity index (χ3n) is 4.40. The van der Waals surface area contributed by atoms with Gasteiger partial charge >= 0.3 is 0 Å². The summed E-state index contributed by atoms with van der Waals surface area (Å²) >= 11 is 0. The molecule has 3 rings (SSSR count). The average molecular weight is 378 g/mol. The van der Waals surface area contributed by atoms with Crippen LogP contribution in [-0.4, -0.2) is 15.9 Å². The van der Waals surface area contributed by atoms with E-state index in [0.717, 1.165) is 16.8 Å². The number of hydrogen-bond donors (Lipinski definition) is 2. The van der Waals surface area contributed by atoms with E-state index in [-0.39, 0.29) is 24.0 Å². The first-order chi connectivity index (χ1) is 13.3. The van der Waals surface area contributed by atoms with E-state index in [1.807, 2.05) is 20.8 Å². The topological polar surface area (TPSA) is 66.9 Å². The standard InChI is InChI=1S/C22H23FN4O/c1-13-9-14(2)20(15(3)10-13)27-22-25-16(4)11-19(26-22)21(28)24-12-17-7-5-6-8-18(17)23/h5-11H,12H2,1-4H3,(H,24,28)(H,25,26,27). The van der Waals surface area contributed by atoms with Gasteiger partial charge in [0.15, 0.2) is 0 Å². The smallest absolute Gasteiger partial charge is 0.270 e. The molecule has 0 saturated heterocycles. The summed E-state index contributed by atoms with van der Waals surface area (Å²) < 4.78 is 13.7. The predicted molar refractivity (Wildman–Crippen MR) is 108 cm³/mol. The molecule has 0 atom stereocenters. The summed E-state index contributed by atoms with van der Waals surface area (Å²) in [4.78, 5) is 21.2. The number of aryl methyl sites for hydroxylation is 4. The molecule has 28 heavy (non-hydrogen) atoms. The summed E-state index contributed by atoms with van der Waals surface area (Å²) in [5.41, 5.74) is 5.57. The van der Waals surface area contributed by atoms with Crippen molar-refractivity contribution >= 4 is 17.5 Å². The maximum atomic E-state index is 13.7. The van der Waals surface area contributed by atoms with Gasteiger partial charge in [-0.2, -0.15) is 0 Å². The van der Waals surface area contributed by atoms with E-state index in [9.17, 15) is 9.18 Å². The highest BCUT2D eigenvalue weighted by molar-refractivity contribution is 5.92. The van der Waals surface area contributed by atoms with Crippen LogP contribution >= 0.6 is 0 Å². The summed E-state index contributed by atoms with van der Waals surface area (Å²) in [6, 6.07) is 12.1. The highest BCUT2D eigenvalue weighted by Crippen LogP contribution is 2.24. The molecule has 0 radical (unpaired) electrons. The van der Waals surface area contributed by atoms with Crippen LogP contribution in [0.2, 0.25) is 0 Å². The average Bonchev–Trinajstić information content (AvgIpc) is 2.63. The predicted octanol–water partition coefficient (Wildman–Crippen LogP) is 4.52. The van der Waals surface area contributed by atoms with Crippen molar-refractivity contribution < 1.29 is 9.18 Å². The van der Waals surface area contributed by atoms with E-state index < -0.39 is 0 Å². The molecule has 1 amide bonds. The number of aromatic nitrogens is 2. The lowest BCUT2D eigenvalue weighted by molar-refractivity contribution is 0.0945. The van der Waals surface area contributed by atoms with Crippen molar-refractivity contribution in [3.63, 3.8) is 0 Å². The largest absolute Gasteiger partial charge is 0.347 e. The maximum absolute atomic E-state index is 13.7. The van der Waals surface area contributed by atoms with E-state index in [1.54, 1.807) is 31.2 Å². The number of hydrogen-bond acceptors (Lipinski definition) is 4. The fourth-order valence-electron chi connectivity index (χ4n) is 3.14. The SMILES string of the molecule is Cc1cc(C)c(Nc2nc(C)cc(C(=O)NCc3ccccc3F)n2)c(C)c1. The zero-order valence-corrected chi connectivity index (χ0v) is 16.4. The molecular weight excluding hydrogens is 355 g/mol. The number of carbonyl (C=O) groups is 1. The fraction of sp³-hybridized carbons (Fsp3) is 0.227. The minimum atomic E-state index is -0.380. The molecule has 5 nitrogen and oxygen atoms in total. The van der Waals surface area contributed by atoms with E-state index >= 15 is 0 Å². The Bertz CT molecular complexity index is 1010. The van der Waals surface area contributed by atoms with E-state index in [2.05, 4.69) is 32.7 Å². The van der Waals surface area contributed by atoms with Crippen LogP contribution in [0.5, 0.6) is 0 Å². The second kappa shape index (κ2) is 8.17. The Morgan fingerprint density at radius 1 is 1.00 bits per heavy atom. The Morgan fingerprint density at radius 3 is 2.36 bits per heavy atom. The molecular formula is C22H23FN4O. The number of halogens is 1. The second-order valence-corrected chi connectivity index (χ2v) is 6.89. The van der Waals surface area contributed by atoms with Gasteiger partial charge in [0.2, 0.25) is 5.95 Å². The van der Waals surface area contributed by atoms with E-state index in [0.29, 0.717) is 17.2 Å². The molecule has 1 aromatic heterocycles.